The van der Waals surface area contributed by atoms with Gasteiger partial charge < -0.3 is 94.2 Å². The zero-order valence-corrected chi connectivity index (χ0v) is 48.4. The normalized spacial score (nSPS) is 16.9. The molecule has 0 spiro atoms. The fraction of sp³-hybridized carbons (Fsp3) is 0.812. The molecular formula is C48H88N6O20S3. The summed E-state index contributed by atoms with van der Waals surface area (Å²) in [7, 11) is 3.75. The summed E-state index contributed by atoms with van der Waals surface area (Å²) < 4.78 is 57.0. The summed E-state index contributed by atoms with van der Waals surface area (Å²) in [6, 6.07) is 0. The Balaban J connectivity index is 0.00000307. The van der Waals surface area contributed by atoms with Gasteiger partial charge >= 0.3 is 24.1 Å². The lowest BCUT2D eigenvalue weighted by atomic mass is 9.99. The first-order valence-corrected chi connectivity index (χ1v) is 29.1. The molecule has 0 bridgehead atoms. The van der Waals surface area contributed by atoms with Gasteiger partial charge in [0.05, 0.1) is 83.9 Å². The number of carboxylic acids is 2. The Morgan fingerprint density at radius 3 is 1.86 bits per heavy atom. The van der Waals surface area contributed by atoms with Gasteiger partial charge in [0.25, 0.3) is 18.0 Å². The van der Waals surface area contributed by atoms with Crippen LogP contribution in [0.5, 0.6) is 0 Å². The highest BCUT2D eigenvalue weighted by molar-refractivity contribution is 8.00. The van der Waals surface area contributed by atoms with Gasteiger partial charge in [-0.2, -0.15) is 35.3 Å². The van der Waals surface area contributed by atoms with Gasteiger partial charge in [-0.25, -0.2) is 19.2 Å². The molecular weight excluding hydrogens is 1080 g/mol. The van der Waals surface area contributed by atoms with Crippen molar-refractivity contribution in [3.8, 4) is 0 Å². The van der Waals surface area contributed by atoms with Gasteiger partial charge in [0.1, 0.15) is 18.8 Å². The molecule has 29 heteroatoms. The van der Waals surface area contributed by atoms with Crippen LogP contribution in [0, 0.1) is 0 Å². The van der Waals surface area contributed by atoms with Crippen LogP contribution in [-0.2, 0) is 76.1 Å². The van der Waals surface area contributed by atoms with Crippen molar-refractivity contribution in [1.82, 2.24) is 31.9 Å². The molecule has 2 rings (SSSR count). The number of hydrogen-bond donors (Lipinski definition) is 8. The van der Waals surface area contributed by atoms with E-state index in [0.717, 1.165) is 54.5 Å². The smallest absolute Gasteiger partial charge is 0.407 e. The highest BCUT2D eigenvalue weighted by atomic mass is 32.2. The number of Topliss-reactive ketones (excluding diaryl/α,β-unsaturated/α-hetero) is 1. The van der Waals surface area contributed by atoms with Crippen molar-refractivity contribution in [2.75, 3.05) is 167 Å². The quantitative estimate of drug-likeness (QED) is 0.0187. The van der Waals surface area contributed by atoms with Gasteiger partial charge in [-0.15, -0.1) is 0 Å². The van der Waals surface area contributed by atoms with E-state index in [0.29, 0.717) is 96.1 Å². The Bertz CT molecular complexity index is 1650. The number of allylic oxidation sites excluding steroid dienone is 2. The minimum Gasteiger partial charge on any atom is -0.477 e. The SMILES string of the molecule is CC1(C(=O)O)OCC(OC=O)CO1.CCCSCC(=O)NCCNC1=C(NCCSCCCOCCOCCOCCOCCCSCCNC(=O)OC(C)CNC(=O)OCCOC(C)(OCC)C(=O)O)CC1=O.CNC. The van der Waals surface area contributed by atoms with Gasteiger partial charge in [-0.3, -0.25) is 14.4 Å². The summed E-state index contributed by atoms with van der Waals surface area (Å²) in [4.78, 5) is 79.3. The lowest BCUT2D eigenvalue weighted by molar-refractivity contribution is -0.279. The zero-order valence-electron chi connectivity index (χ0n) is 46.0. The second-order valence-electron chi connectivity index (χ2n) is 16.5. The summed E-state index contributed by atoms with van der Waals surface area (Å²) in [6.07, 6.45) is 0.831. The fourth-order valence-corrected chi connectivity index (χ4v) is 7.99. The van der Waals surface area contributed by atoms with Crippen molar-refractivity contribution < 1.29 is 95.9 Å². The Labute approximate surface area is 466 Å². The molecule has 8 N–H and O–H groups in total. The molecule has 1 fully saturated rings. The van der Waals surface area contributed by atoms with E-state index >= 15 is 0 Å². The molecule has 1 heterocycles. The second kappa shape index (κ2) is 48.1. The molecule has 2 aliphatic rings. The van der Waals surface area contributed by atoms with E-state index in [1.165, 1.54) is 13.8 Å². The van der Waals surface area contributed by atoms with Crippen LogP contribution in [0.25, 0.3) is 0 Å². The number of carbonyl (C=O) groups is 7. The highest BCUT2D eigenvalue weighted by Gasteiger charge is 2.41. The van der Waals surface area contributed by atoms with E-state index in [1.807, 2.05) is 25.9 Å². The van der Waals surface area contributed by atoms with Crippen molar-refractivity contribution in [2.45, 2.75) is 84.1 Å². The minimum atomic E-state index is -1.82. The van der Waals surface area contributed by atoms with Gasteiger partial charge in [0.2, 0.25) is 5.91 Å². The van der Waals surface area contributed by atoms with Crippen molar-refractivity contribution in [1.29, 1.82) is 0 Å². The number of ketones is 1. The molecule has 77 heavy (non-hydrogen) atoms. The summed E-state index contributed by atoms with van der Waals surface area (Å²) >= 11 is 5.15. The predicted octanol–water partition coefficient (Wildman–Crippen LogP) is 1.83. The maximum atomic E-state index is 12.0. The molecule has 26 nitrogen and oxygen atoms in total. The lowest BCUT2D eigenvalue weighted by Gasteiger charge is -2.33. The summed E-state index contributed by atoms with van der Waals surface area (Å²) in [5.74, 6) is -0.837. The molecule has 2 unspecified atom stereocenters. The molecule has 1 aliphatic carbocycles. The van der Waals surface area contributed by atoms with E-state index in [4.69, 9.17) is 52.5 Å². The summed E-state index contributed by atoms with van der Waals surface area (Å²) in [5.41, 5.74) is 1.59. The van der Waals surface area contributed by atoms with Crippen LogP contribution in [0.15, 0.2) is 11.4 Å². The number of carbonyl (C=O) groups excluding carboxylic acids is 5. The average Bonchev–Trinajstić information content (AvgIpc) is 3.39. The van der Waals surface area contributed by atoms with Crippen LogP contribution in [0.3, 0.4) is 0 Å². The van der Waals surface area contributed by atoms with Crippen LogP contribution in [0.2, 0.25) is 0 Å². The van der Waals surface area contributed by atoms with Gasteiger partial charge in [-0.05, 0) is 64.5 Å². The van der Waals surface area contributed by atoms with E-state index in [-0.39, 0.29) is 57.7 Å². The molecule has 448 valence electrons. The summed E-state index contributed by atoms with van der Waals surface area (Å²) in [5, 5.41) is 35.1. The second-order valence-corrected chi connectivity index (χ2v) is 20.1. The minimum absolute atomic E-state index is 0.0259. The molecule has 0 aromatic heterocycles. The van der Waals surface area contributed by atoms with Crippen LogP contribution < -0.4 is 31.9 Å². The molecule has 1 saturated heterocycles. The number of thioether (sulfide) groups is 3. The number of amides is 3. The number of aliphatic carboxylic acids is 2. The van der Waals surface area contributed by atoms with Gasteiger partial charge in [0, 0.05) is 77.0 Å². The molecule has 0 aromatic carbocycles. The average molecular weight is 1170 g/mol. The number of nitrogens with one attached hydrogen (secondary N) is 6. The van der Waals surface area contributed by atoms with Crippen molar-refractivity contribution in [3.63, 3.8) is 0 Å². The number of rotatable bonds is 45. The van der Waals surface area contributed by atoms with Crippen molar-refractivity contribution >= 4 is 77.6 Å². The van der Waals surface area contributed by atoms with E-state index in [1.54, 1.807) is 37.4 Å². The Morgan fingerprint density at radius 1 is 0.740 bits per heavy atom. The standard InChI is InChI=1S/C39H71N5O14S3.C7H10O6.C2H7N/c1-5-23-61-30-34(46)41-9-10-42-35-32(28-33(35)45)40-11-26-59-24-7-13-51-15-17-53-19-20-54-18-16-52-14-8-25-60-27-12-43-38(50)58-31(3)29-44-37(49)55-21-22-57-39(4,36(47)48)56-6-2;1-7(6(9)10)12-2-5(3-13-7)11-4-8;1-3-2/h31,40,42H,5-30H2,1-4H3,(H,41,46)(H,43,50)(H,44,49)(H,47,48);4-5H,2-3H2,1H3,(H,9,10);3H,1-2H3. The largest absolute Gasteiger partial charge is 0.477 e. The maximum absolute atomic E-state index is 12.0. The highest BCUT2D eigenvalue weighted by Crippen LogP contribution is 2.20. The van der Waals surface area contributed by atoms with E-state index < -0.39 is 47.9 Å². The van der Waals surface area contributed by atoms with Gasteiger partial charge in [0.15, 0.2) is 5.78 Å². The van der Waals surface area contributed by atoms with Crippen LogP contribution >= 0.6 is 35.3 Å². The van der Waals surface area contributed by atoms with Crippen LogP contribution in [0.4, 0.5) is 9.59 Å². The zero-order chi connectivity index (χ0) is 57.4. The van der Waals surface area contributed by atoms with E-state index in [9.17, 15) is 38.7 Å². The number of ether oxygens (including phenoxy) is 11. The third kappa shape index (κ3) is 39.2. The first-order chi connectivity index (χ1) is 37.0. The number of alkyl carbamates (subject to hydrolysis) is 2. The number of carboxylic acid groups (broad SMARTS) is 2. The summed E-state index contributed by atoms with van der Waals surface area (Å²) in [6.45, 7) is 14.6. The topological polar surface area (TPSA) is 334 Å². The van der Waals surface area contributed by atoms with Crippen LogP contribution in [0.1, 0.15) is 60.3 Å². The predicted molar refractivity (Wildman–Crippen MR) is 291 cm³/mol. The van der Waals surface area contributed by atoms with Gasteiger partial charge in [-0.1, -0.05) is 6.92 Å². The third-order valence-corrected chi connectivity index (χ3v) is 13.0. The first kappa shape index (κ1) is 73.1. The maximum Gasteiger partial charge on any atom is 0.407 e. The Hall–Kier alpha value is -3.88. The van der Waals surface area contributed by atoms with Crippen molar-refractivity contribution in [3.05, 3.63) is 11.4 Å². The number of hydrogen-bond acceptors (Lipinski definition) is 24. The first-order valence-electron chi connectivity index (χ1n) is 25.6. The molecule has 2 atom stereocenters. The molecule has 0 radical (unpaired) electrons. The third-order valence-electron chi connectivity index (χ3n) is 9.69. The molecule has 0 aromatic rings. The van der Waals surface area contributed by atoms with Crippen molar-refractivity contribution in [2.24, 2.45) is 0 Å². The van der Waals surface area contributed by atoms with E-state index in [2.05, 4.69) is 43.6 Å². The molecule has 0 saturated carbocycles. The lowest BCUT2D eigenvalue weighted by Crippen LogP contribution is -2.50. The monoisotopic (exact) mass is 1160 g/mol. The Kier molecular flexibility index (Phi) is 45.6. The fourth-order valence-electron chi connectivity index (χ4n) is 5.73. The molecule has 1 aliphatic heterocycles. The van der Waals surface area contributed by atoms with Crippen LogP contribution in [-0.4, -0.2) is 244 Å². The Morgan fingerprint density at radius 2 is 1.32 bits per heavy atom. The molecule has 3 amide bonds.